The summed E-state index contributed by atoms with van der Waals surface area (Å²) in [5.41, 5.74) is 1.68. The van der Waals surface area contributed by atoms with Crippen molar-refractivity contribution in [2.75, 3.05) is 0 Å². The Morgan fingerprint density at radius 1 is 1.00 bits per heavy atom. The predicted molar refractivity (Wildman–Crippen MR) is 66.0 cm³/mol. The van der Waals surface area contributed by atoms with Crippen LogP contribution in [0, 0.1) is 0 Å². The zero-order valence-electron chi connectivity index (χ0n) is 9.50. The van der Waals surface area contributed by atoms with E-state index in [2.05, 4.69) is 0 Å². The number of phenols is 2. The molecule has 0 heterocycles. The maximum absolute atomic E-state index is 10.7. The van der Waals surface area contributed by atoms with Crippen LogP contribution in [0.5, 0.6) is 11.5 Å². The van der Waals surface area contributed by atoms with E-state index in [0.29, 0.717) is 12.0 Å². The molecule has 3 N–H and O–H groups in total. The molecule has 2 rings (SSSR count). The molecule has 2 aromatic rings. The molecule has 0 bridgehead atoms. The van der Waals surface area contributed by atoms with Crippen LogP contribution in [0.4, 0.5) is 0 Å². The fourth-order valence-electron chi connectivity index (χ4n) is 1.70. The summed E-state index contributed by atoms with van der Waals surface area (Å²) in [6.07, 6.45) is 0.431. The highest BCUT2D eigenvalue weighted by molar-refractivity contribution is 5.87. The smallest absolute Gasteiger partial charge is 0.335 e. The molecule has 0 spiro atoms. The molecule has 0 radical (unpaired) electrons. The summed E-state index contributed by atoms with van der Waals surface area (Å²) in [7, 11) is 0. The van der Waals surface area contributed by atoms with Gasteiger partial charge in [-0.1, -0.05) is 12.1 Å². The number of aromatic hydroxyl groups is 2. The van der Waals surface area contributed by atoms with Gasteiger partial charge in [-0.25, -0.2) is 4.79 Å². The zero-order chi connectivity index (χ0) is 13.1. The summed E-state index contributed by atoms with van der Waals surface area (Å²) in [5.74, 6) is -0.776. The van der Waals surface area contributed by atoms with Crippen molar-refractivity contribution in [3.8, 4) is 11.5 Å². The van der Waals surface area contributed by atoms with Gasteiger partial charge in [0.2, 0.25) is 0 Å². The summed E-state index contributed by atoms with van der Waals surface area (Å²) >= 11 is 0. The van der Waals surface area contributed by atoms with Crippen LogP contribution in [0.2, 0.25) is 0 Å². The molecule has 0 aliphatic heterocycles. The Bertz CT molecular complexity index is 573. The highest BCUT2D eigenvalue weighted by Crippen LogP contribution is 2.24. The van der Waals surface area contributed by atoms with Gasteiger partial charge in [0.15, 0.2) is 0 Å². The standard InChI is InChI=1S/C14H12O4/c15-12-5-6-13(16)11(8-12)7-9-1-3-10(4-2-9)14(17)18/h1-6,8,15-16H,7H2,(H,17,18). The molecule has 0 aliphatic rings. The van der Waals surface area contributed by atoms with Crippen molar-refractivity contribution in [2.24, 2.45) is 0 Å². The van der Waals surface area contributed by atoms with Crippen LogP contribution in [-0.2, 0) is 6.42 Å². The molecule has 18 heavy (non-hydrogen) atoms. The van der Waals surface area contributed by atoms with Crippen molar-refractivity contribution >= 4 is 5.97 Å². The van der Waals surface area contributed by atoms with Crippen molar-refractivity contribution in [3.05, 3.63) is 59.2 Å². The first-order valence-corrected chi connectivity index (χ1v) is 5.39. The number of phenolic OH excluding ortho intramolecular Hbond substituents is 2. The quantitative estimate of drug-likeness (QED) is 0.724. The van der Waals surface area contributed by atoms with Crippen LogP contribution >= 0.6 is 0 Å². The molecular formula is C14H12O4. The Hall–Kier alpha value is -2.49. The second-order valence-electron chi connectivity index (χ2n) is 3.99. The molecule has 0 aromatic heterocycles. The van der Waals surface area contributed by atoms with Gasteiger partial charge in [0.1, 0.15) is 11.5 Å². The number of aromatic carboxylic acids is 1. The fourth-order valence-corrected chi connectivity index (χ4v) is 1.70. The molecule has 92 valence electrons. The number of carboxylic acids is 1. The Morgan fingerprint density at radius 2 is 1.67 bits per heavy atom. The third-order valence-corrected chi connectivity index (χ3v) is 2.66. The maximum atomic E-state index is 10.7. The lowest BCUT2D eigenvalue weighted by Gasteiger charge is -2.06. The van der Waals surface area contributed by atoms with Gasteiger partial charge in [0.25, 0.3) is 0 Å². The van der Waals surface area contributed by atoms with Gasteiger partial charge >= 0.3 is 5.97 Å². The predicted octanol–water partition coefficient (Wildman–Crippen LogP) is 2.39. The number of hydrogen-bond donors (Lipinski definition) is 3. The van der Waals surface area contributed by atoms with E-state index in [1.807, 2.05) is 0 Å². The van der Waals surface area contributed by atoms with Crippen molar-refractivity contribution < 1.29 is 20.1 Å². The molecule has 0 saturated heterocycles. The van der Waals surface area contributed by atoms with E-state index in [9.17, 15) is 15.0 Å². The summed E-state index contributed by atoms with van der Waals surface area (Å²) in [6.45, 7) is 0. The zero-order valence-corrected chi connectivity index (χ0v) is 9.50. The molecule has 4 nitrogen and oxygen atoms in total. The molecule has 0 amide bonds. The van der Waals surface area contributed by atoms with E-state index in [-0.39, 0.29) is 17.1 Å². The van der Waals surface area contributed by atoms with E-state index in [0.717, 1.165) is 5.56 Å². The second kappa shape index (κ2) is 4.79. The van der Waals surface area contributed by atoms with Crippen LogP contribution in [0.1, 0.15) is 21.5 Å². The Morgan fingerprint density at radius 3 is 2.28 bits per heavy atom. The van der Waals surface area contributed by atoms with Crippen LogP contribution < -0.4 is 0 Å². The number of benzene rings is 2. The first-order valence-electron chi connectivity index (χ1n) is 5.39. The number of carbonyl (C=O) groups is 1. The minimum absolute atomic E-state index is 0.0879. The normalized spacial score (nSPS) is 10.2. The van der Waals surface area contributed by atoms with E-state index in [1.165, 1.54) is 30.3 Å². The lowest BCUT2D eigenvalue weighted by atomic mass is 10.0. The minimum Gasteiger partial charge on any atom is -0.508 e. The van der Waals surface area contributed by atoms with Crippen molar-refractivity contribution in [2.45, 2.75) is 6.42 Å². The van der Waals surface area contributed by atoms with E-state index < -0.39 is 5.97 Å². The average Bonchev–Trinajstić information content (AvgIpc) is 2.34. The lowest BCUT2D eigenvalue weighted by molar-refractivity contribution is 0.0697. The van der Waals surface area contributed by atoms with Gasteiger partial charge < -0.3 is 15.3 Å². The lowest BCUT2D eigenvalue weighted by Crippen LogP contribution is -1.96. The van der Waals surface area contributed by atoms with Crippen LogP contribution in [-0.4, -0.2) is 21.3 Å². The van der Waals surface area contributed by atoms with Crippen molar-refractivity contribution in [3.63, 3.8) is 0 Å². The Kier molecular flexibility index (Phi) is 3.19. The van der Waals surface area contributed by atoms with Crippen molar-refractivity contribution in [1.29, 1.82) is 0 Å². The van der Waals surface area contributed by atoms with Gasteiger partial charge in [0, 0.05) is 12.0 Å². The summed E-state index contributed by atoms with van der Waals surface area (Å²) in [4.78, 5) is 10.7. The average molecular weight is 244 g/mol. The number of carboxylic acid groups (broad SMARTS) is 1. The molecule has 0 fully saturated rings. The highest BCUT2D eigenvalue weighted by atomic mass is 16.4. The van der Waals surface area contributed by atoms with Gasteiger partial charge in [0.05, 0.1) is 5.56 Å². The summed E-state index contributed by atoms with van der Waals surface area (Å²) < 4.78 is 0. The van der Waals surface area contributed by atoms with E-state index >= 15 is 0 Å². The van der Waals surface area contributed by atoms with Crippen LogP contribution in [0.25, 0.3) is 0 Å². The van der Waals surface area contributed by atoms with Crippen molar-refractivity contribution in [1.82, 2.24) is 0 Å². The molecule has 0 saturated carbocycles. The van der Waals surface area contributed by atoms with Gasteiger partial charge in [-0.3, -0.25) is 0 Å². The molecular weight excluding hydrogens is 232 g/mol. The summed E-state index contributed by atoms with van der Waals surface area (Å²) in [6, 6.07) is 10.7. The van der Waals surface area contributed by atoms with E-state index in [1.54, 1.807) is 12.1 Å². The maximum Gasteiger partial charge on any atom is 0.335 e. The third kappa shape index (κ3) is 2.60. The monoisotopic (exact) mass is 244 g/mol. The molecule has 0 unspecified atom stereocenters. The first kappa shape index (κ1) is 12.0. The largest absolute Gasteiger partial charge is 0.508 e. The Balaban J connectivity index is 2.23. The third-order valence-electron chi connectivity index (χ3n) is 2.66. The van der Waals surface area contributed by atoms with Gasteiger partial charge in [-0.05, 0) is 35.9 Å². The minimum atomic E-state index is -0.971. The highest BCUT2D eigenvalue weighted by Gasteiger charge is 2.06. The molecule has 2 aromatic carbocycles. The first-order chi connectivity index (χ1) is 8.56. The van der Waals surface area contributed by atoms with Gasteiger partial charge in [-0.2, -0.15) is 0 Å². The molecule has 0 atom stereocenters. The summed E-state index contributed by atoms with van der Waals surface area (Å²) in [5, 5.41) is 27.8. The topological polar surface area (TPSA) is 77.8 Å². The fraction of sp³-hybridized carbons (Fsp3) is 0.0714. The Labute approximate surface area is 104 Å². The van der Waals surface area contributed by atoms with Gasteiger partial charge in [-0.15, -0.1) is 0 Å². The molecule has 4 heteroatoms. The molecule has 0 aliphatic carbocycles. The second-order valence-corrected chi connectivity index (χ2v) is 3.99. The van der Waals surface area contributed by atoms with Crippen LogP contribution in [0.15, 0.2) is 42.5 Å². The van der Waals surface area contributed by atoms with E-state index in [4.69, 9.17) is 5.11 Å². The number of hydrogen-bond acceptors (Lipinski definition) is 3. The van der Waals surface area contributed by atoms with Crippen LogP contribution in [0.3, 0.4) is 0 Å². The SMILES string of the molecule is O=C(O)c1ccc(Cc2cc(O)ccc2O)cc1. The number of rotatable bonds is 3.